The Morgan fingerprint density at radius 3 is 2.55 bits per heavy atom. The highest BCUT2D eigenvalue weighted by Gasteiger charge is 2.43. The van der Waals surface area contributed by atoms with Gasteiger partial charge in [0.1, 0.15) is 0 Å². The van der Waals surface area contributed by atoms with Crippen molar-refractivity contribution in [1.29, 1.82) is 0 Å². The molecule has 0 radical (unpaired) electrons. The Morgan fingerprint density at radius 1 is 1.14 bits per heavy atom. The average molecular weight is 401 g/mol. The second-order valence-electron chi connectivity index (χ2n) is 9.22. The number of hydrogen-bond donors (Lipinski definition) is 3. The molecule has 0 bridgehead atoms. The van der Waals surface area contributed by atoms with E-state index in [-0.39, 0.29) is 5.92 Å². The Hall–Kier alpha value is -1.37. The molecular weight excluding hydrogens is 365 g/mol. The number of carboxylic acids is 1. The summed E-state index contributed by atoms with van der Waals surface area (Å²) in [5.74, 6) is -0.531. The van der Waals surface area contributed by atoms with Gasteiger partial charge in [0.15, 0.2) is 0 Å². The third-order valence-corrected chi connectivity index (χ3v) is 7.36. The Bertz CT molecular complexity index is 675. The van der Waals surface area contributed by atoms with Gasteiger partial charge < -0.3 is 15.2 Å². The number of hydrogen-bond acceptors (Lipinski definition) is 4. The first kappa shape index (κ1) is 22.3. The number of likely N-dealkylation sites (tertiary alicyclic amines) is 1. The maximum atomic E-state index is 12.1. The summed E-state index contributed by atoms with van der Waals surface area (Å²) >= 11 is 0. The fourth-order valence-corrected chi connectivity index (χ4v) is 5.43. The molecule has 1 aliphatic heterocycles. The van der Waals surface area contributed by atoms with Gasteiger partial charge in [0, 0.05) is 6.04 Å². The van der Waals surface area contributed by atoms with Gasteiger partial charge in [-0.3, -0.25) is 9.69 Å². The number of piperidine rings is 1. The van der Waals surface area contributed by atoms with Crippen LogP contribution in [0.5, 0.6) is 0 Å². The molecule has 1 aliphatic carbocycles. The largest absolute Gasteiger partial charge is 0.481 e. The van der Waals surface area contributed by atoms with Crippen LogP contribution in [0.4, 0.5) is 0 Å². The first-order chi connectivity index (χ1) is 13.9. The molecule has 5 nitrogen and oxygen atoms in total. The lowest BCUT2D eigenvalue weighted by Crippen LogP contribution is -2.44. The first-order valence-electron chi connectivity index (χ1n) is 11.3. The van der Waals surface area contributed by atoms with Crippen LogP contribution in [0.2, 0.25) is 6.32 Å². The minimum atomic E-state index is -1.29. The van der Waals surface area contributed by atoms with E-state index in [2.05, 4.69) is 29.2 Å². The van der Waals surface area contributed by atoms with Gasteiger partial charge in [-0.2, -0.15) is 0 Å². The van der Waals surface area contributed by atoms with Gasteiger partial charge in [0.2, 0.25) is 0 Å². The van der Waals surface area contributed by atoms with Gasteiger partial charge in [-0.25, -0.2) is 0 Å². The molecule has 6 heteroatoms. The summed E-state index contributed by atoms with van der Waals surface area (Å²) < 4.78 is 0. The standard InChI is InChI=1S/C23H36BNO4/c1-23(22(26)27,14-6-7-15-24(28)29)19-12-16-25(17-13-19)21-11-5-3-9-18-8-2-4-10-20(18)21/h2,4,8,10,19,21,28-29H,3,5-7,9,11-17H2,1H3,(H,26,27). The predicted molar refractivity (Wildman–Crippen MR) is 116 cm³/mol. The Morgan fingerprint density at radius 2 is 1.86 bits per heavy atom. The van der Waals surface area contributed by atoms with Crippen molar-refractivity contribution in [3.05, 3.63) is 35.4 Å². The third-order valence-electron chi connectivity index (χ3n) is 7.36. The zero-order valence-corrected chi connectivity index (χ0v) is 17.7. The van der Waals surface area contributed by atoms with E-state index in [1.807, 2.05) is 6.92 Å². The SMILES string of the molecule is CC(CCCCB(O)O)(C(=O)O)C1CCN(C2CCCCc3ccccc32)CC1. The second-order valence-corrected chi connectivity index (χ2v) is 9.22. The van der Waals surface area contributed by atoms with Crippen LogP contribution in [-0.2, 0) is 11.2 Å². The van der Waals surface area contributed by atoms with E-state index < -0.39 is 18.5 Å². The molecule has 160 valence electrons. The maximum absolute atomic E-state index is 12.1. The molecule has 3 N–H and O–H groups in total. The predicted octanol–water partition coefficient (Wildman–Crippen LogP) is 3.90. The second kappa shape index (κ2) is 10.1. The molecule has 0 aromatic heterocycles. The van der Waals surface area contributed by atoms with Crippen molar-refractivity contribution in [3.8, 4) is 0 Å². The van der Waals surface area contributed by atoms with Crippen molar-refractivity contribution in [1.82, 2.24) is 4.90 Å². The number of unbranched alkanes of at least 4 members (excludes halogenated alkanes) is 1. The van der Waals surface area contributed by atoms with Crippen LogP contribution in [0.15, 0.2) is 24.3 Å². The van der Waals surface area contributed by atoms with Gasteiger partial charge in [0.05, 0.1) is 5.41 Å². The number of benzene rings is 1. The van der Waals surface area contributed by atoms with Crippen LogP contribution in [0.3, 0.4) is 0 Å². The van der Waals surface area contributed by atoms with Crippen LogP contribution in [0.25, 0.3) is 0 Å². The lowest BCUT2D eigenvalue weighted by Gasteiger charge is -2.43. The van der Waals surface area contributed by atoms with Crippen LogP contribution in [-0.4, -0.2) is 46.2 Å². The van der Waals surface area contributed by atoms with Gasteiger partial charge in [-0.05, 0) is 81.9 Å². The number of rotatable bonds is 8. The highest BCUT2D eigenvalue weighted by Crippen LogP contribution is 2.42. The van der Waals surface area contributed by atoms with Crippen LogP contribution >= 0.6 is 0 Å². The summed E-state index contributed by atoms with van der Waals surface area (Å²) in [6.45, 7) is 3.82. The van der Waals surface area contributed by atoms with Crippen molar-refractivity contribution >= 4 is 13.1 Å². The zero-order chi connectivity index (χ0) is 20.9. The topological polar surface area (TPSA) is 81.0 Å². The fourth-order valence-electron chi connectivity index (χ4n) is 5.43. The van der Waals surface area contributed by atoms with E-state index in [9.17, 15) is 9.90 Å². The van der Waals surface area contributed by atoms with Crippen LogP contribution in [0.1, 0.15) is 75.5 Å². The third kappa shape index (κ3) is 5.42. The quantitative estimate of drug-likeness (QED) is 0.350. The van der Waals surface area contributed by atoms with Gasteiger partial charge in [0.25, 0.3) is 0 Å². The summed E-state index contributed by atoms with van der Waals surface area (Å²) in [5, 5.41) is 28.0. The molecule has 2 atom stereocenters. The van der Waals surface area contributed by atoms with Crippen molar-refractivity contribution in [2.24, 2.45) is 11.3 Å². The molecule has 1 heterocycles. The monoisotopic (exact) mass is 401 g/mol. The number of fused-ring (bicyclic) bond motifs is 1. The maximum Gasteiger partial charge on any atom is 0.451 e. The molecule has 0 saturated carbocycles. The molecule has 1 fully saturated rings. The van der Waals surface area contributed by atoms with Crippen molar-refractivity contribution in [2.45, 2.75) is 77.1 Å². The van der Waals surface area contributed by atoms with E-state index in [0.29, 0.717) is 25.2 Å². The molecule has 2 aliphatic rings. The number of carbonyl (C=O) groups is 1. The summed E-state index contributed by atoms with van der Waals surface area (Å²) in [4.78, 5) is 14.7. The van der Waals surface area contributed by atoms with Crippen LogP contribution < -0.4 is 0 Å². The number of aliphatic carboxylic acids is 1. The van der Waals surface area contributed by atoms with Crippen molar-refractivity contribution in [2.75, 3.05) is 13.1 Å². The van der Waals surface area contributed by atoms with E-state index in [0.717, 1.165) is 32.4 Å². The molecule has 1 aromatic carbocycles. The van der Waals surface area contributed by atoms with E-state index in [1.165, 1.54) is 36.8 Å². The van der Waals surface area contributed by atoms with E-state index in [1.54, 1.807) is 0 Å². The molecule has 0 amide bonds. The van der Waals surface area contributed by atoms with Crippen LogP contribution in [0, 0.1) is 11.3 Å². The molecule has 3 rings (SSSR count). The molecule has 1 aromatic rings. The fraction of sp³-hybridized carbons (Fsp3) is 0.696. The average Bonchev–Trinajstić information content (AvgIpc) is 2.93. The molecule has 1 saturated heterocycles. The lowest BCUT2D eigenvalue weighted by atomic mass is 9.68. The highest BCUT2D eigenvalue weighted by molar-refractivity contribution is 6.40. The smallest absolute Gasteiger partial charge is 0.451 e. The first-order valence-corrected chi connectivity index (χ1v) is 11.3. The Balaban J connectivity index is 1.62. The molecule has 2 unspecified atom stereocenters. The normalized spacial score (nSPS) is 23.1. The Labute approximate surface area is 175 Å². The summed E-state index contributed by atoms with van der Waals surface area (Å²) in [6.07, 6.45) is 9.00. The lowest BCUT2D eigenvalue weighted by molar-refractivity contribution is -0.153. The minimum absolute atomic E-state index is 0.177. The minimum Gasteiger partial charge on any atom is -0.481 e. The summed E-state index contributed by atoms with van der Waals surface area (Å²) in [7, 11) is -1.29. The van der Waals surface area contributed by atoms with E-state index >= 15 is 0 Å². The molecule has 0 spiro atoms. The van der Waals surface area contributed by atoms with Gasteiger partial charge >= 0.3 is 13.1 Å². The van der Waals surface area contributed by atoms with Gasteiger partial charge in [-0.15, -0.1) is 0 Å². The highest BCUT2D eigenvalue weighted by atomic mass is 16.4. The summed E-state index contributed by atoms with van der Waals surface area (Å²) in [5.41, 5.74) is 2.24. The number of nitrogens with zero attached hydrogens (tertiary/aromatic N) is 1. The number of carboxylic acid groups (broad SMARTS) is 1. The molecular formula is C23H36BNO4. The summed E-state index contributed by atoms with van der Waals surface area (Å²) in [6, 6.07) is 9.31. The zero-order valence-electron chi connectivity index (χ0n) is 17.7. The van der Waals surface area contributed by atoms with E-state index in [4.69, 9.17) is 10.0 Å². The van der Waals surface area contributed by atoms with Crippen molar-refractivity contribution in [3.63, 3.8) is 0 Å². The Kier molecular flexibility index (Phi) is 7.77. The van der Waals surface area contributed by atoms with Crippen molar-refractivity contribution < 1.29 is 19.9 Å². The number of aryl methyl sites for hydroxylation is 1. The van der Waals surface area contributed by atoms with Gasteiger partial charge in [-0.1, -0.05) is 43.5 Å². The molecule has 29 heavy (non-hydrogen) atoms.